The van der Waals surface area contributed by atoms with Gasteiger partial charge in [0, 0.05) is 18.0 Å². The van der Waals surface area contributed by atoms with Gasteiger partial charge in [0.25, 0.3) is 0 Å². The largest absolute Gasteiger partial charge is 0.468 e. The number of benzene rings is 1. The zero-order valence-electron chi connectivity index (χ0n) is 16.2. The Morgan fingerprint density at radius 1 is 1.21 bits per heavy atom. The van der Waals surface area contributed by atoms with E-state index in [4.69, 9.17) is 8.94 Å². The summed E-state index contributed by atoms with van der Waals surface area (Å²) >= 11 is 0. The van der Waals surface area contributed by atoms with Crippen LogP contribution in [-0.2, 0) is 13.0 Å². The molecule has 1 fully saturated rings. The first-order valence-corrected chi connectivity index (χ1v) is 10.0. The van der Waals surface area contributed by atoms with E-state index in [2.05, 4.69) is 15.0 Å². The lowest BCUT2D eigenvalue weighted by molar-refractivity contribution is 0.172. The van der Waals surface area contributed by atoms with Crippen molar-refractivity contribution in [2.24, 2.45) is 0 Å². The molecule has 0 saturated heterocycles. The second-order valence-corrected chi connectivity index (χ2v) is 7.57. The number of halogens is 1. The molecule has 28 heavy (non-hydrogen) atoms. The molecule has 0 aliphatic heterocycles. The summed E-state index contributed by atoms with van der Waals surface area (Å²) in [6, 6.07) is 9.60. The van der Waals surface area contributed by atoms with Gasteiger partial charge in [0.05, 0.1) is 12.8 Å². The molecule has 0 spiro atoms. The molecule has 4 rings (SSSR count). The van der Waals surface area contributed by atoms with E-state index in [0.29, 0.717) is 35.3 Å². The van der Waals surface area contributed by atoms with Crippen LogP contribution in [0.3, 0.4) is 0 Å². The predicted molar refractivity (Wildman–Crippen MR) is 104 cm³/mol. The molecule has 0 radical (unpaired) electrons. The molecule has 1 aliphatic carbocycles. The Labute approximate surface area is 164 Å². The van der Waals surface area contributed by atoms with Gasteiger partial charge in [-0.15, -0.1) is 0 Å². The summed E-state index contributed by atoms with van der Waals surface area (Å²) in [4.78, 5) is 6.95. The lowest BCUT2D eigenvalue weighted by Gasteiger charge is -2.27. The first kappa shape index (κ1) is 18.9. The van der Waals surface area contributed by atoms with Gasteiger partial charge in [0.15, 0.2) is 0 Å². The van der Waals surface area contributed by atoms with Gasteiger partial charge in [-0.05, 0) is 56.5 Å². The molecular formula is C22H26FN3O2. The predicted octanol–water partition coefficient (Wildman–Crippen LogP) is 5.15. The van der Waals surface area contributed by atoms with Gasteiger partial charge in [-0.2, -0.15) is 4.98 Å². The van der Waals surface area contributed by atoms with Crippen LogP contribution in [0.1, 0.15) is 49.3 Å². The van der Waals surface area contributed by atoms with Gasteiger partial charge < -0.3 is 8.94 Å². The molecule has 3 aromatic rings. The highest BCUT2D eigenvalue weighted by Crippen LogP contribution is 2.26. The summed E-state index contributed by atoms with van der Waals surface area (Å²) < 4.78 is 24.7. The Morgan fingerprint density at radius 2 is 2.07 bits per heavy atom. The summed E-state index contributed by atoms with van der Waals surface area (Å²) in [6.07, 6.45) is 8.49. The smallest absolute Gasteiger partial charge is 0.227 e. The van der Waals surface area contributed by atoms with Gasteiger partial charge in [0.2, 0.25) is 11.7 Å². The van der Waals surface area contributed by atoms with Crippen LogP contribution < -0.4 is 0 Å². The van der Waals surface area contributed by atoms with E-state index in [1.165, 1.54) is 31.7 Å². The van der Waals surface area contributed by atoms with Crippen LogP contribution in [0.5, 0.6) is 0 Å². The lowest BCUT2D eigenvalue weighted by atomic mass is 10.1. The summed E-state index contributed by atoms with van der Waals surface area (Å²) in [5.41, 5.74) is 1.25. The highest BCUT2D eigenvalue weighted by molar-refractivity contribution is 5.54. The summed E-state index contributed by atoms with van der Waals surface area (Å²) in [7, 11) is 0. The fourth-order valence-electron chi connectivity index (χ4n) is 3.90. The Morgan fingerprint density at radius 3 is 2.82 bits per heavy atom. The maximum Gasteiger partial charge on any atom is 0.227 e. The maximum atomic E-state index is 13.8. The van der Waals surface area contributed by atoms with E-state index in [1.54, 1.807) is 19.3 Å². The molecule has 1 aromatic carbocycles. The van der Waals surface area contributed by atoms with Crippen molar-refractivity contribution in [1.29, 1.82) is 0 Å². The topological polar surface area (TPSA) is 55.3 Å². The summed E-state index contributed by atoms with van der Waals surface area (Å²) in [5.74, 6) is 1.79. The van der Waals surface area contributed by atoms with Gasteiger partial charge in [-0.1, -0.05) is 30.1 Å². The molecule has 2 heterocycles. The minimum absolute atomic E-state index is 0.256. The van der Waals surface area contributed by atoms with Crippen molar-refractivity contribution in [1.82, 2.24) is 15.0 Å². The molecule has 2 aromatic heterocycles. The average molecular weight is 383 g/mol. The minimum atomic E-state index is -0.256. The van der Waals surface area contributed by atoms with Crippen molar-refractivity contribution in [3.05, 3.63) is 59.6 Å². The van der Waals surface area contributed by atoms with Crippen LogP contribution in [0.2, 0.25) is 0 Å². The fraction of sp³-hybridized carbons (Fsp3) is 0.455. The minimum Gasteiger partial charge on any atom is -0.468 e. The third kappa shape index (κ3) is 4.50. The standard InChI is InChI=1S/C22H26FN3O2/c1-16-10-11-17(14-20(16)23)22-24-21(28-25-22)9-4-12-26(18-6-2-3-7-18)15-19-8-5-13-27-19/h5,8,10-11,13-14,18H,2-4,6-7,9,12,15H2,1H3. The Balaban J connectivity index is 1.35. The Kier molecular flexibility index (Phi) is 5.86. The second-order valence-electron chi connectivity index (χ2n) is 7.57. The number of hydrogen-bond donors (Lipinski definition) is 0. The molecular weight excluding hydrogens is 357 g/mol. The normalized spacial score (nSPS) is 15.0. The maximum absolute atomic E-state index is 13.8. The average Bonchev–Trinajstić information content (AvgIpc) is 3.46. The van der Waals surface area contributed by atoms with Gasteiger partial charge >= 0.3 is 0 Å². The molecule has 0 atom stereocenters. The van der Waals surface area contributed by atoms with Gasteiger partial charge in [-0.25, -0.2) is 4.39 Å². The first-order valence-electron chi connectivity index (χ1n) is 10.0. The molecule has 6 heteroatoms. The number of nitrogens with zero attached hydrogens (tertiary/aromatic N) is 3. The van der Waals surface area contributed by atoms with Gasteiger partial charge in [-0.3, -0.25) is 4.90 Å². The Bertz CT molecular complexity index is 885. The van der Waals surface area contributed by atoms with Crippen molar-refractivity contribution in [3.8, 4) is 11.4 Å². The quantitative estimate of drug-likeness (QED) is 0.538. The second kappa shape index (κ2) is 8.69. The van der Waals surface area contributed by atoms with Crippen molar-refractivity contribution >= 4 is 0 Å². The van der Waals surface area contributed by atoms with Crippen molar-refractivity contribution in [2.45, 2.75) is 58.0 Å². The molecule has 0 unspecified atom stereocenters. The number of aryl methyl sites for hydroxylation is 2. The molecule has 0 N–H and O–H groups in total. The SMILES string of the molecule is Cc1ccc(-c2noc(CCCN(Cc3ccco3)C3CCCC3)n2)cc1F. The van der Waals surface area contributed by atoms with Crippen LogP contribution in [-0.4, -0.2) is 27.6 Å². The number of rotatable bonds is 8. The highest BCUT2D eigenvalue weighted by Gasteiger charge is 2.23. The van der Waals surface area contributed by atoms with E-state index in [0.717, 1.165) is 25.3 Å². The van der Waals surface area contributed by atoms with E-state index in [-0.39, 0.29) is 5.82 Å². The van der Waals surface area contributed by atoms with E-state index >= 15 is 0 Å². The van der Waals surface area contributed by atoms with E-state index in [1.807, 2.05) is 18.2 Å². The first-order chi connectivity index (χ1) is 13.7. The zero-order valence-corrected chi connectivity index (χ0v) is 16.2. The monoisotopic (exact) mass is 383 g/mol. The van der Waals surface area contributed by atoms with E-state index < -0.39 is 0 Å². The Hall–Kier alpha value is -2.47. The molecule has 1 saturated carbocycles. The summed E-state index contributed by atoms with van der Waals surface area (Å²) in [6.45, 7) is 3.54. The third-order valence-electron chi connectivity index (χ3n) is 5.51. The number of hydrogen-bond acceptors (Lipinski definition) is 5. The lowest BCUT2D eigenvalue weighted by Crippen LogP contribution is -2.33. The van der Waals surface area contributed by atoms with Crippen LogP contribution in [0.25, 0.3) is 11.4 Å². The molecule has 148 valence electrons. The third-order valence-corrected chi connectivity index (χ3v) is 5.51. The van der Waals surface area contributed by atoms with Crippen molar-refractivity contribution < 1.29 is 13.3 Å². The summed E-state index contributed by atoms with van der Waals surface area (Å²) in [5, 5.41) is 4.01. The molecule has 1 aliphatic rings. The van der Waals surface area contributed by atoms with Crippen molar-refractivity contribution in [3.63, 3.8) is 0 Å². The zero-order chi connectivity index (χ0) is 19.3. The van der Waals surface area contributed by atoms with Crippen LogP contribution >= 0.6 is 0 Å². The molecule has 0 bridgehead atoms. The fourth-order valence-corrected chi connectivity index (χ4v) is 3.90. The van der Waals surface area contributed by atoms with E-state index in [9.17, 15) is 4.39 Å². The molecule has 0 amide bonds. The highest BCUT2D eigenvalue weighted by atomic mass is 19.1. The van der Waals surface area contributed by atoms with Crippen molar-refractivity contribution in [2.75, 3.05) is 6.54 Å². The number of furan rings is 1. The van der Waals surface area contributed by atoms with Gasteiger partial charge in [0.1, 0.15) is 11.6 Å². The number of aromatic nitrogens is 2. The molecule has 5 nitrogen and oxygen atoms in total. The van der Waals surface area contributed by atoms with Crippen LogP contribution in [0.4, 0.5) is 4.39 Å². The van der Waals surface area contributed by atoms with Crippen LogP contribution in [0, 0.1) is 12.7 Å². The van der Waals surface area contributed by atoms with Crippen LogP contribution in [0.15, 0.2) is 45.5 Å².